The lowest BCUT2D eigenvalue weighted by molar-refractivity contribution is 0.375. The van der Waals surface area contributed by atoms with Gasteiger partial charge in [-0.3, -0.25) is 0 Å². The topological polar surface area (TPSA) is 115 Å². The molecule has 9 heteroatoms. The van der Waals surface area contributed by atoms with E-state index in [1.165, 1.54) is 18.4 Å². The lowest BCUT2D eigenvalue weighted by Crippen LogP contribution is -2.12. The maximum atomic E-state index is 5.93. The van der Waals surface area contributed by atoms with Crippen LogP contribution < -0.4 is 15.8 Å². The Balaban J connectivity index is 1.55. The van der Waals surface area contributed by atoms with Crippen molar-refractivity contribution in [1.82, 2.24) is 14.5 Å². The smallest absolute Gasteiger partial charge is 0.222 e. The highest BCUT2D eigenvalue weighted by atomic mass is 16.5. The number of unbranched alkanes of at least 4 members (excludes halogenated alkanes) is 2. The average molecular weight is 421 g/mol. The normalized spacial score (nSPS) is 13.0. The number of fused-ring (bicyclic) bond motifs is 1. The Morgan fingerprint density at radius 1 is 1.19 bits per heavy atom. The van der Waals surface area contributed by atoms with Gasteiger partial charge in [0.1, 0.15) is 30.1 Å². The van der Waals surface area contributed by atoms with Crippen molar-refractivity contribution in [3.8, 4) is 5.75 Å². The minimum absolute atomic E-state index is 0.281. The molecule has 0 bridgehead atoms. The number of nitrogen functional groups attached to an aromatic ring is 1. The van der Waals surface area contributed by atoms with Crippen molar-refractivity contribution in [2.75, 3.05) is 30.7 Å². The molecule has 0 aliphatic carbocycles. The minimum atomic E-state index is 0.281. The summed E-state index contributed by atoms with van der Waals surface area (Å²) in [6, 6.07) is 8.09. The first kappa shape index (κ1) is 20.8. The molecule has 2 aromatic heterocycles. The second-order valence-corrected chi connectivity index (χ2v) is 7.67. The second kappa shape index (κ2) is 9.55. The molecular formula is C22H28N8O. The van der Waals surface area contributed by atoms with E-state index in [1.54, 1.807) is 0 Å². The van der Waals surface area contributed by atoms with Gasteiger partial charge in [-0.15, -0.1) is 5.10 Å². The molecule has 0 atom stereocenters. The van der Waals surface area contributed by atoms with E-state index in [0.29, 0.717) is 19.7 Å². The quantitative estimate of drug-likeness (QED) is 0.478. The van der Waals surface area contributed by atoms with Gasteiger partial charge in [0.05, 0.1) is 5.52 Å². The number of anilines is 2. The van der Waals surface area contributed by atoms with Gasteiger partial charge in [0.25, 0.3) is 0 Å². The molecule has 31 heavy (non-hydrogen) atoms. The number of rotatable bonds is 10. The zero-order valence-corrected chi connectivity index (χ0v) is 18.0. The molecule has 1 aliphatic heterocycles. The van der Waals surface area contributed by atoms with Crippen molar-refractivity contribution in [2.24, 2.45) is 15.4 Å². The van der Waals surface area contributed by atoms with Crippen LogP contribution in [0.25, 0.3) is 11.0 Å². The van der Waals surface area contributed by atoms with Crippen LogP contribution in [0.15, 0.2) is 45.9 Å². The number of aryl methyl sites for hydroxylation is 1. The van der Waals surface area contributed by atoms with E-state index in [9.17, 15) is 0 Å². The maximum absolute atomic E-state index is 5.93. The van der Waals surface area contributed by atoms with Crippen LogP contribution in [-0.4, -0.2) is 39.9 Å². The van der Waals surface area contributed by atoms with Crippen molar-refractivity contribution in [3.63, 3.8) is 0 Å². The van der Waals surface area contributed by atoms with Crippen molar-refractivity contribution < 1.29 is 4.74 Å². The molecular weight excluding hydrogens is 392 g/mol. The summed E-state index contributed by atoms with van der Waals surface area (Å²) in [6.45, 7) is 6.72. The zero-order chi connectivity index (χ0) is 21.6. The van der Waals surface area contributed by atoms with E-state index in [4.69, 9.17) is 10.5 Å². The van der Waals surface area contributed by atoms with Gasteiger partial charge in [0.15, 0.2) is 5.82 Å². The summed E-state index contributed by atoms with van der Waals surface area (Å²) in [7, 11) is 0. The first-order chi connectivity index (χ1) is 15.1. The Hall–Kier alpha value is -3.49. The summed E-state index contributed by atoms with van der Waals surface area (Å²) in [6.07, 6.45) is 5.47. The average Bonchev–Trinajstić information content (AvgIpc) is 3.42. The molecule has 9 nitrogen and oxygen atoms in total. The molecule has 0 spiro atoms. The van der Waals surface area contributed by atoms with Gasteiger partial charge >= 0.3 is 0 Å². The van der Waals surface area contributed by atoms with E-state index < -0.39 is 0 Å². The molecule has 4 rings (SSSR count). The maximum Gasteiger partial charge on any atom is 0.222 e. The van der Waals surface area contributed by atoms with Gasteiger partial charge in [0.2, 0.25) is 5.95 Å². The van der Waals surface area contributed by atoms with E-state index in [1.807, 2.05) is 18.3 Å². The van der Waals surface area contributed by atoms with Crippen LogP contribution in [0.3, 0.4) is 0 Å². The van der Waals surface area contributed by atoms with Crippen LogP contribution in [0.5, 0.6) is 5.75 Å². The molecule has 3 heterocycles. The summed E-state index contributed by atoms with van der Waals surface area (Å²) in [5, 5.41) is 14.9. The van der Waals surface area contributed by atoms with Gasteiger partial charge in [-0.25, -0.2) is 4.98 Å². The highest BCUT2D eigenvalue weighted by Gasteiger charge is 2.13. The largest absolute Gasteiger partial charge is 0.487 e. The van der Waals surface area contributed by atoms with Gasteiger partial charge in [-0.05, 0) is 47.9 Å². The number of nitrogens with two attached hydrogens (primary N) is 1. The van der Waals surface area contributed by atoms with Crippen LogP contribution in [0.2, 0.25) is 0 Å². The van der Waals surface area contributed by atoms with Gasteiger partial charge in [-0.1, -0.05) is 25.8 Å². The fraction of sp³-hybridized carbons (Fsp3) is 0.409. The highest BCUT2D eigenvalue weighted by Crippen LogP contribution is 2.26. The fourth-order valence-corrected chi connectivity index (χ4v) is 3.53. The number of aromatic nitrogens is 3. The number of hydrogen-bond acceptors (Lipinski definition) is 8. The van der Waals surface area contributed by atoms with Crippen molar-refractivity contribution in [1.29, 1.82) is 0 Å². The summed E-state index contributed by atoms with van der Waals surface area (Å²) < 4.78 is 8.05. The number of benzene rings is 1. The standard InChI is InChI=1S/C22H28N8O/c1-3-4-5-9-24-21-20-19(26-22(23)27-21)8-10-30(20)13-16-11-18(7-6-15(16)2)31-14-17-12-25-29-28-17/h6-8,10-11H,3-5,9,12-14H2,1-2H3,(H3,23,24,26,27). The molecule has 162 valence electrons. The molecule has 0 amide bonds. The predicted molar refractivity (Wildman–Crippen MR) is 123 cm³/mol. The molecule has 0 fully saturated rings. The van der Waals surface area contributed by atoms with Crippen LogP contribution in [0, 0.1) is 6.92 Å². The van der Waals surface area contributed by atoms with Crippen LogP contribution in [-0.2, 0) is 6.54 Å². The van der Waals surface area contributed by atoms with Gasteiger partial charge in [0, 0.05) is 19.3 Å². The first-order valence-electron chi connectivity index (χ1n) is 10.6. The third-order valence-corrected chi connectivity index (χ3v) is 5.27. The molecule has 1 aromatic carbocycles. The SMILES string of the molecule is CCCCCNc1nc(N)nc2ccn(Cc3cc(OCC4=NN=NC4)ccc3C)c12. The minimum Gasteiger partial charge on any atom is -0.487 e. The van der Waals surface area contributed by atoms with Gasteiger partial charge < -0.3 is 20.4 Å². The van der Waals surface area contributed by atoms with Crippen LogP contribution in [0.1, 0.15) is 37.3 Å². The molecule has 3 N–H and O–H groups in total. The lowest BCUT2D eigenvalue weighted by Gasteiger charge is -2.14. The van der Waals surface area contributed by atoms with Crippen LogP contribution >= 0.6 is 0 Å². The molecule has 3 aromatic rings. The number of nitrogens with zero attached hydrogens (tertiary/aromatic N) is 6. The Kier molecular flexibility index (Phi) is 6.40. The Labute approximate surface area is 181 Å². The molecule has 0 saturated heterocycles. The van der Waals surface area contributed by atoms with Crippen LogP contribution in [0.4, 0.5) is 11.8 Å². The summed E-state index contributed by atoms with van der Waals surface area (Å²) >= 11 is 0. The second-order valence-electron chi connectivity index (χ2n) is 7.67. The predicted octanol–water partition coefficient (Wildman–Crippen LogP) is 4.17. The Bertz CT molecular complexity index is 1120. The molecule has 0 radical (unpaired) electrons. The number of nitrogens with one attached hydrogen (secondary N) is 1. The van der Waals surface area contributed by atoms with Crippen molar-refractivity contribution >= 4 is 28.5 Å². The fourth-order valence-electron chi connectivity index (χ4n) is 3.53. The van der Waals surface area contributed by atoms with Crippen molar-refractivity contribution in [2.45, 2.75) is 39.7 Å². The van der Waals surface area contributed by atoms with Gasteiger partial charge in [-0.2, -0.15) is 10.1 Å². The third kappa shape index (κ3) is 4.99. The Morgan fingerprint density at radius 2 is 2.10 bits per heavy atom. The molecule has 0 saturated carbocycles. The van der Waals surface area contributed by atoms with E-state index in [0.717, 1.165) is 46.8 Å². The molecule has 1 aliphatic rings. The van der Waals surface area contributed by atoms with E-state index in [2.05, 4.69) is 61.3 Å². The summed E-state index contributed by atoms with van der Waals surface area (Å²) in [4.78, 5) is 8.87. The highest BCUT2D eigenvalue weighted by molar-refractivity contribution is 5.88. The zero-order valence-electron chi connectivity index (χ0n) is 18.0. The third-order valence-electron chi connectivity index (χ3n) is 5.27. The monoisotopic (exact) mass is 420 g/mol. The lowest BCUT2D eigenvalue weighted by atomic mass is 10.1. The summed E-state index contributed by atoms with van der Waals surface area (Å²) in [5.41, 5.74) is 10.9. The Morgan fingerprint density at radius 3 is 2.90 bits per heavy atom. The number of hydrogen-bond donors (Lipinski definition) is 2. The molecule has 0 unspecified atom stereocenters. The van der Waals surface area contributed by atoms with E-state index >= 15 is 0 Å². The van der Waals surface area contributed by atoms with Crippen molar-refractivity contribution in [3.05, 3.63) is 41.6 Å². The summed E-state index contributed by atoms with van der Waals surface area (Å²) in [5.74, 6) is 1.86. The first-order valence-corrected chi connectivity index (χ1v) is 10.6. The van der Waals surface area contributed by atoms with E-state index in [-0.39, 0.29) is 5.95 Å². The number of ether oxygens (including phenoxy) is 1.